The maximum absolute atomic E-state index is 5.25. The van der Waals surface area contributed by atoms with Crippen molar-refractivity contribution >= 4 is 24.9 Å². The van der Waals surface area contributed by atoms with Gasteiger partial charge in [-0.1, -0.05) is 100.0 Å². The number of hydrogen-bond acceptors (Lipinski definition) is 2. The van der Waals surface area contributed by atoms with Crippen LogP contribution in [0.4, 0.5) is 11.4 Å². The number of hydrogen-bond donors (Lipinski definition) is 1. The zero-order valence-electron chi connectivity index (χ0n) is 18.6. The number of benzene rings is 3. The van der Waals surface area contributed by atoms with Crippen LogP contribution in [0.3, 0.4) is 0 Å². The minimum Gasteiger partial charge on any atom is -0.385 e. The predicted octanol–water partition coefficient (Wildman–Crippen LogP) is 6.08. The third-order valence-corrected chi connectivity index (χ3v) is 7.04. The topological polar surface area (TPSA) is 24.4 Å². The normalized spacial score (nSPS) is 22.2. The SMILES string of the molecule is B[C@@]1(CCC)Nc2c(N=C(c3ccccc3)c3ccccc3)cccc2[C@]1(C)CC. The quantitative estimate of drug-likeness (QED) is 0.398. The summed E-state index contributed by atoms with van der Waals surface area (Å²) in [6.45, 7) is 6.98. The van der Waals surface area contributed by atoms with Crippen molar-refractivity contribution < 1.29 is 0 Å². The molecule has 30 heavy (non-hydrogen) atoms. The molecule has 0 amide bonds. The van der Waals surface area contributed by atoms with Crippen molar-refractivity contribution in [2.24, 2.45) is 4.99 Å². The minimum absolute atomic E-state index is 0.0319. The number of fused-ring (bicyclic) bond motifs is 1. The van der Waals surface area contributed by atoms with E-state index in [0.717, 1.165) is 41.8 Å². The first-order valence-electron chi connectivity index (χ1n) is 11.1. The highest BCUT2D eigenvalue weighted by molar-refractivity contribution is 6.20. The van der Waals surface area contributed by atoms with Crippen LogP contribution < -0.4 is 5.32 Å². The summed E-state index contributed by atoms with van der Waals surface area (Å²) < 4.78 is 0. The highest BCUT2D eigenvalue weighted by atomic mass is 15.0. The van der Waals surface area contributed by atoms with Crippen LogP contribution in [0.1, 0.15) is 56.7 Å². The smallest absolute Gasteiger partial charge is 0.135 e. The Labute approximate surface area is 181 Å². The highest BCUT2D eigenvalue weighted by Gasteiger charge is 2.50. The van der Waals surface area contributed by atoms with Gasteiger partial charge < -0.3 is 5.32 Å². The van der Waals surface area contributed by atoms with Crippen molar-refractivity contribution in [3.05, 3.63) is 95.6 Å². The summed E-state index contributed by atoms with van der Waals surface area (Å²) in [5.41, 5.74) is 7.00. The van der Waals surface area contributed by atoms with E-state index in [9.17, 15) is 0 Å². The van der Waals surface area contributed by atoms with Crippen molar-refractivity contribution in [3.63, 3.8) is 0 Å². The van der Waals surface area contributed by atoms with Crippen LogP contribution in [0.2, 0.25) is 0 Å². The van der Waals surface area contributed by atoms with Gasteiger partial charge in [-0.2, -0.15) is 0 Å². The predicted molar refractivity (Wildman–Crippen MR) is 132 cm³/mol. The molecule has 4 rings (SSSR count). The summed E-state index contributed by atoms with van der Waals surface area (Å²) in [6, 6.07) is 27.6. The zero-order valence-corrected chi connectivity index (χ0v) is 18.6. The Morgan fingerprint density at radius 2 is 1.47 bits per heavy atom. The lowest BCUT2D eigenvalue weighted by Gasteiger charge is -2.41. The van der Waals surface area contributed by atoms with Gasteiger partial charge >= 0.3 is 0 Å². The van der Waals surface area contributed by atoms with Gasteiger partial charge in [0.05, 0.1) is 17.1 Å². The van der Waals surface area contributed by atoms with Crippen molar-refractivity contribution in [2.75, 3.05) is 5.32 Å². The third-order valence-electron chi connectivity index (χ3n) is 7.04. The molecule has 3 heteroatoms. The Morgan fingerprint density at radius 1 is 0.867 bits per heavy atom. The Balaban J connectivity index is 1.89. The molecule has 1 N–H and O–H groups in total. The van der Waals surface area contributed by atoms with Crippen molar-refractivity contribution in [1.29, 1.82) is 0 Å². The fourth-order valence-corrected chi connectivity index (χ4v) is 4.96. The molecule has 1 aliphatic rings. The lowest BCUT2D eigenvalue weighted by atomic mass is 9.56. The summed E-state index contributed by atoms with van der Waals surface area (Å²) in [6.07, 6.45) is 3.39. The van der Waals surface area contributed by atoms with E-state index in [2.05, 4.69) is 113 Å². The molecule has 0 bridgehead atoms. The second-order valence-electron chi connectivity index (χ2n) is 8.78. The van der Waals surface area contributed by atoms with Crippen LogP contribution >= 0.6 is 0 Å². The molecule has 2 nitrogen and oxygen atoms in total. The van der Waals surface area contributed by atoms with E-state index < -0.39 is 0 Å². The average Bonchev–Trinajstić information content (AvgIpc) is 3.01. The molecule has 0 spiro atoms. The van der Waals surface area contributed by atoms with Gasteiger partial charge in [0.2, 0.25) is 0 Å². The molecule has 0 aromatic heterocycles. The van der Waals surface area contributed by atoms with Gasteiger partial charge in [-0.15, -0.1) is 0 Å². The number of rotatable bonds is 6. The Hall–Kier alpha value is -2.81. The number of nitrogens with zero attached hydrogens (tertiary/aromatic N) is 1. The van der Waals surface area contributed by atoms with Gasteiger partial charge in [0, 0.05) is 22.0 Å². The molecule has 152 valence electrons. The summed E-state index contributed by atoms with van der Waals surface area (Å²) in [5, 5.41) is 3.92. The summed E-state index contributed by atoms with van der Waals surface area (Å²) in [4.78, 5) is 5.25. The number of aliphatic imine (C=N–C) groups is 1. The lowest BCUT2D eigenvalue weighted by molar-refractivity contribution is 0.344. The molecule has 1 heterocycles. The van der Waals surface area contributed by atoms with Gasteiger partial charge in [-0.25, -0.2) is 4.99 Å². The number of para-hydroxylation sites is 1. The van der Waals surface area contributed by atoms with E-state index in [1.54, 1.807) is 0 Å². The first kappa shape index (κ1) is 20.5. The summed E-state index contributed by atoms with van der Waals surface area (Å²) >= 11 is 0. The Morgan fingerprint density at radius 3 is 2.00 bits per heavy atom. The standard InChI is InChI=1S/C27H31BN2/c1-4-19-27(28)26(3,5-2)22-17-12-18-23(25(22)30-27)29-24(20-13-8-6-9-14-20)21-15-10-7-11-16-21/h6-18,30H,4-5,19,28H2,1-3H3/t26-,27-/m0/s1. The van der Waals surface area contributed by atoms with E-state index in [1.165, 1.54) is 11.3 Å². The molecule has 0 aliphatic carbocycles. The van der Waals surface area contributed by atoms with E-state index in [1.807, 2.05) is 0 Å². The first-order valence-corrected chi connectivity index (χ1v) is 11.1. The van der Waals surface area contributed by atoms with Crippen LogP contribution in [0, 0.1) is 0 Å². The minimum atomic E-state index is 0.0319. The first-order chi connectivity index (χ1) is 14.5. The zero-order chi connectivity index (χ0) is 21.2. The monoisotopic (exact) mass is 394 g/mol. The highest BCUT2D eigenvalue weighted by Crippen LogP contribution is 2.53. The second kappa shape index (κ2) is 8.14. The summed E-state index contributed by atoms with van der Waals surface area (Å²) in [7, 11) is 2.38. The molecular weight excluding hydrogens is 363 g/mol. The Bertz CT molecular complexity index is 1000. The number of nitrogens with one attached hydrogen (secondary N) is 1. The van der Waals surface area contributed by atoms with Gasteiger partial charge in [-0.05, 0) is 24.5 Å². The fourth-order valence-electron chi connectivity index (χ4n) is 4.96. The van der Waals surface area contributed by atoms with E-state index in [0.29, 0.717) is 0 Å². The van der Waals surface area contributed by atoms with Crippen LogP contribution in [0.15, 0.2) is 83.9 Å². The molecule has 3 aromatic carbocycles. The van der Waals surface area contributed by atoms with E-state index in [4.69, 9.17) is 4.99 Å². The molecule has 0 fully saturated rings. The van der Waals surface area contributed by atoms with Crippen LogP contribution in [0.25, 0.3) is 0 Å². The second-order valence-corrected chi connectivity index (χ2v) is 8.78. The Kier molecular flexibility index (Phi) is 5.55. The van der Waals surface area contributed by atoms with Crippen LogP contribution in [0.5, 0.6) is 0 Å². The fraction of sp³-hybridized carbons (Fsp3) is 0.296. The lowest BCUT2D eigenvalue weighted by Crippen LogP contribution is -2.51. The van der Waals surface area contributed by atoms with Crippen LogP contribution in [-0.4, -0.2) is 19.0 Å². The number of anilines is 1. The molecule has 0 saturated carbocycles. The van der Waals surface area contributed by atoms with E-state index >= 15 is 0 Å². The molecule has 3 aromatic rings. The van der Waals surface area contributed by atoms with Gasteiger partial charge in [0.1, 0.15) is 7.85 Å². The van der Waals surface area contributed by atoms with Crippen molar-refractivity contribution in [1.82, 2.24) is 0 Å². The molecular formula is C27H31BN2. The molecule has 0 unspecified atom stereocenters. The van der Waals surface area contributed by atoms with Crippen molar-refractivity contribution in [2.45, 2.75) is 50.9 Å². The summed E-state index contributed by atoms with van der Waals surface area (Å²) in [5.74, 6) is 0. The maximum Gasteiger partial charge on any atom is 0.135 e. The van der Waals surface area contributed by atoms with Crippen molar-refractivity contribution in [3.8, 4) is 0 Å². The molecule has 0 saturated heterocycles. The van der Waals surface area contributed by atoms with Gasteiger partial charge in [0.15, 0.2) is 0 Å². The molecule has 1 aliphatic heterocycles. The average molecular weight is 394 g/mol. The largest absolute Gasteiger partial charge is 0.385 e. The third kappa shape index (κ3) is 3.37. The van der Waals surface area contributed by atoms with Crippen LogP contribution in [-0.2, 0) is 5.41 Å². The van der Waals surface area contributed by atoms with Gasteiger partial charge in [-0.3, -0.25) is 0 Å². The molecule has 2 atom stereocenters. The maximum atomic E-state index is 5.25. The van der Waals surface area contributed by atoms with Gasteiger partial charge in [0.25, 0.3) is 0 Å². The molecule has 0 radical (unpaired) electrons. The van der Waals surface area contributed by atoms with E-state index in [-0.39, 0.29) is 10.9 Å².